The van der Waals surface area contributed by atoms with E-state index in [4.69, 9.17) is 9.47 Å². The van der Waals surface area contributed by atoms with E-state index < -0.39 is 36.0 Å². The Morgan fingerprint density at radius 3 is 1.76 bits per heavy atom. The predicted octanol–water partition coefficient (Wildman–Crippen LogP) is 7.54. The smallest absolute Gasteiger partial charge is 0.339 e. The van der Waals surface area contributed by atoms with Crippen LogP contribution in [0.4, 0.5) is 13.2 Å². The lowest BCUT2D eigenvalue weighted by Crippen LogP contribution is -2.15. The van der Waals surface area contributed by atoms with Gasteiger partial charge in [-0.25, -0.2) is 22.8 Å². The molecule has 0 heterocycles. The summed E-state index contributed by atoms with van der Waals surface area (Å²) in [5.41, 5.74) is -0.322. The minimum Gasteiger partial charge on any atom is -0.462 e. The minimum atomic E-state index is -1.33. The highest BCUT2D eigenvalue weighted by Crippen LogP contribution is 2.17. The molecule has 2 aromatic rings. The molecule has 0 aliphatic heterocycles. The molecule has 0 N–H and O–H groups in total. The van der Waals surface area contributed by atoms with Gasteiger partial charge in [0.2, 0.25) is 0 Å². The number of hydrogen-bond acceptors (Lipinski definition) is 4. The second kappa shape index (κ2) is 15.1. The van der Waals surface area contributed by atoms with E-state index in [9.17, 15) is 22.8 Å². The van der Waals surface area contributed by atoms with Gasteiger partial charge in [0.1, 0.15) is 12.4 Å². The molecule has 7 heteroatoms. The van der Waals surface area contributed by atoms with Crippen LogP contribution in [0.2, 0.25) is 0 Å². The topological polar surface area (TPSA) is 52.6 Å². The Morgan fingerprint density at radius 2 is 1.18 bits per heavy atom. The molecule has 0 amide bonds. The summed E-state index contributed by atoms with van der Waals surface area (Å²) in [6.07, 6.45) is 11.6. The Kier molecular flexibility index (Phi) is 12.2. The molecule has 4 nitrogen and oxygen atoms in total. The van der Waals surface area contributed by atoms with E-state index in [1.165, 1.54) is 57.1 Å². The Balaban J connectivity index is 1.76. The van der Waals surface area contributed by atoms with E-state index >= 15 is 0 Å². The number of carbonyl (C=O) groups is 2. The van der Waals surface area contributed by atoms with Gasteiger partial charge in [-0.2, -0.15) is 0 Å². The Labute approximate surface area is 199 Å². The molecule has 0 saturated carbocycles. The van der Waals surface area contributed by atoms with Gasteiger partial charge in [-0.15, -0.1) is 0 Å². The fourth-order valence-electron chi connectivity index (χ4n) is 3.57. The predicted molar refractivity (Wildman–Crippen MR) is 124 cm³/mol. The van der Waals surface area contributed by atoms with Crippen LogP contribution in [-0.2, 0) is 16.1 Å². The number of ether oxygens (including phenoxy) is 2. The Hall–Kier alpha value is -2.83. The van der Waals surface area contributed by atoms with Crippen LogP contribution in [0.25, 0.3) is 0 Å². The third kappa shape index (κ3) is 9.20. The van der Waals surface area contributed by atoms with Crippen LogP contribution >= 0.6 is 0 Å². The summed E-state index contributed by atoms with van der Waals surface area (Å²) in [5, 5.41) is 0. The highest BCUT2D eigenvalue weighted by molar-refractivity contribution is 6.03. The molecular formula is C27H33F3O4. The molecule has 0 saturated heterocycles. The molecule has 0 aromatic heterocycles. The van der Waals surface area contributed by atoms with Crippen LogP contribution in [0.3, 0.4) is 0 Å². The van der Waals surface area contributed by atoms with Crippen molar-refractivity contribution >= 4 is 11.9 Å². The SMILES string of the molecule is CCCCCCCCCCCCOC(=O)c1ccccc1C(=O)OCc1cc(F)c(F)cc1F. The van der Waals surface area contributed by atoms with E-state index in [0.29, 0.717) is 12.1 Å². The lowest BCUT2D eigenvalue weighted by atomic mass is 10.1. The summed E-state index contributed by atoms with van der Waals surface area (Å²) in [6, 6.07) is 6.98. The zero-order chi connectivity index (χ0) is 24.8. The summed E-state index contributed by atoms with van der Waals surface area (Å²) in [4.78, 5) is 24.9. The van der Waals surface area contributed by atoms with Crippen molar-refractivity contribution < 1.29 is 32.2 Å². The first-order valence-corrected chi connectivity index (χ1v) is 12.0. The molecule has 2 rings (SSSR count). The van der Waals surface area contributed by atoms with Crippen molar-refractivity contribution in [1.82, 2.24) is 0 Å². The van der Waals surface area contributed by atoms with Crippen molar-refractivity contribution in [3.63, 3.8) is 0 Å². The average Bonchev–Trinajstić information content (AvgIpc) is 2.83. The van der Waals surface area contributed by atoms with Crippen molar-refractivity contribution in [2.24, 2.45) is 0 Å². The third-order valence-corrected chi connectivity index (χ3v) is 5.55. The first-order valence-electron chi connectivity index (χ1n) is 12.0. The van der Waals surface area contributed by atoms with Crippen LogP contribution in [0.5, 0.6) is 0 Å². The van der Waals surface area contributed by atoms with Crippen molar-refractivity contribution in [2.75, 3.05) is 6.61 Å². The molecule has 0 aliphatic carbocycles. The van der Waals surface area contributed by atoms with E-state index in [-0.39, 0.29) is 23.3 Å². The van der Waals surface area contributed by atoms with Crippen molar-refractivity contribution in [1.29, 1.82) is 0 Å². The molecule has 34 heavy (non-hydrogen) atoms. The van der Waals surface area contributed by atoms with Crippen molar-refractivity contribution in [3.8, 4) is 0 Å². The van der Waals surface area contributed by atoms with E-state index in [1.807, 2.05) is 0 Å². The summed E-state index contributed by atoms with van der Waals surface area (Å²) in [5.74, 6) is -5.15. The number of benzene rings is 2. The van der Waals surface area contributed by atoms with E-state index in [1.54, 1.807) is 12.1 Å². The molecule has 0 spiro atoms. The zero-order valence-corrected chi connectivity index (χ0v) is 19.7. The number of unbranched alkanes of at least 4 members (excludes halogenated alkanes) is 9. The average molecular weight is 479 g/mol. The number of rotatable bonds is 15. The highest BCUT2D eigenvalue weighted by atomic mass is 19.2. The summed E-state index contributed by atoms with van der Waals surface area (Å²) >= 11 is 0. The van der Waals surface area contributed by atoms with Gasteiger partial charge >= 0.3 is 11.9 Å². The largest absolute Gasteiger partial charge is 0.462 e. The van der Waals surface area contributed by atoms with Gasteiger partial charge in [-0.1, -0.05) is 76.8 Å². The van der Waals surface area contributed by atoms with Crippen LogP contribution in [-0.4, -0.2) is 18.5 Å². The van der Waals surface area contributed by atoms with Crippen LogP contribution in [0.15, 0.2) is 36.4 Å². The standard InChI is InChI=1S/C27H33F3O4/c1-2-3-4-5-6-7-8-9-10-13-16-33-26(31)21-14-11-12-15-22(21)27(32)34-19-20-17-24(29)25(30)18-23(20)28/h11-12,14-15,17-18H,2-10,13,16,19H2,1H3. The van der Waals surface area contributed by atoms with Crippen LogP contribution in [0.1, 0.15) is 97.4 Å². The van der Waals surface area contributed by atoms with Gasteiger partial charge in [-0.3, -0.25) is 0 Å². The van der Waals surface area contributed by atoms with Gasteiger partial charge in [0.15, 0.2) is 11.6 Å². The van der Waals surface area contributed by atoms with Gasteiger partial charge in [0, 0.05) is 11.6 Å². The summed E-state index contributed by atoms with van der Waals surface area (Å²) in [6.45, 7) is 1.85. The molecular weight excluding hydrogens is 445 g/mol. The summed E-state index contributed by atoms with van der Waals surface area (Å²) < 4.78 is 50.4. The molecule has 2 aromatic carbocycles. The number of esters is 2. The fraction of sp³-hybridized carbons (Fsp3) is 0.481. The quantitative estimate of drug-likeness (QED) is 0.151. The molecule has 186 valence electrons. The molecule has 0 bridgehead atoms. The molecule has 0 radical (unpaired) electrons. The second-order valence-corrected chi connectivity index (χ2v) is 8.30. The number of carbonyl (C=O) groups excluding carboxylic acids is 2. The van der Waals surface area contributed by atoms with Gasteiger partial charge < -0.3 is 9.47 Å². The van der Waals surface area contributed by atoms with Crippen LogP contribution < -0.4 is 0 Å². The number of halogens is 3. The Bertz CT molecular complexity index is 930. The number of hydrogen-bond donors (Lipinski definition) is 0. The molecule has 0 aliphatic rings. The maximum atomic E-state index is 13.8. The molecule has 0 atom stereocenters. The first kappa shape index (κ1) is 27.4. The third-order valence-electron chi connectivity index (χ3n) is 5.55. The summed E-state index contributed by atoms with van der Waals surface area (Å²) in [7, 11) is 0. The van der Waals surface area contributed by atoms with Gasteiger partial charge in [0.25, 0.3) is 0 Å². The monoisotopic (exact) mass is 478 g/mol. The highest BCUT2D eigenvalue weighted by Gasteiger charge is 2.20. The normalized spacial score (nSPS) is 10.8. The molecule has 0 fully saturated rings. The first-order chi connectivity index (χ1) is 16.4. The maximum absolute atomic E-state index is 13.8. The van der Waals surface area contributed by atoms with E-state index in [2.05, 4.69) is 6.92 Å². The van der Waals surface area contributed by atoms with Crippen molar-refractivity contribution in [2.45, 2.75) is 77.7 Å². The molecule has 0 unspecified atom stereocenters. The second-order valence-electron chi connectivity index (χ2n) is 8.30. The van der Waals surface area contributed by atoms with Gasteiger partial charge in [0.05, 0.1) is 17.7 Å². The minimum absolute atomic E-state index is 0.0327. The van der Waals surface area contributed by atoms with Crippen molar-refractivity contribution in [3.05, 3.63) is 70.5 Å². The lowest BCUT2D eigenvalue weighted by Gasteiger charge is -2.10. The van der Waals surface area contributed by atoms with E-state index in [0.717, 1.165) is 19.3 Å². The van der Waals surface area contributed by atoms with Crippen LogP contribution in [0, 0.1) is 17.5 Å². The zero-order valence-electron chi connectivity index (χ0n) is 19.7. The maximum Gasteiger partial charge on any atom is 0.339 e. The Morgan fingerprint density at radius 1 is 0.676 bits per heavy atom. The fourth-order valence-corrected chi connectivity index (χ4v) is 3.57. The lowest BCUT2D eigenvalue weighted by molar-refractivity contribution is 0.0433. The van der Waals surface area contributed by atoms with Gasteiger partial charge in [-0.05, 0) is 24.6 Å².